The van der Waals surface area contributed by atoms with Crippen LogP contribution in [0.3, 0.4) is 0 Å². The Morgan fingerprint density at radius 1 is 0.923 bits per heavy atom. The van der Waals surface area contributed by atoms with Gasteiger partial charge >= 0.3 is 0 Å². The predicted octanol–water partition coefficient (Wildman–Crippen LogP) is 6.29. The maximum absolute atomic E-state index is 13.3. The molecule has 0 aliphatic heterocycles. The van der Waals surface area contributed by atoms with Crippen molar-refractivity contribution in [1.29, 1.82) is 0 Å². The van der Waals surface area contributed by atoms with Gasteiger partial charge in [-0.15, -0.1) is 23.1 Å². The van der Waals surface area contributed by atoms with Crippen LogP contribution in [0.4, 0.5) is 10.8 Å². The number of benzene rings is 3. The van der Waals surface area contributed by atoms with Gasteiger partial charge in [-0.2, -0.15) is 0 Å². The highest BCUT2D eigenvalue weighted by Crippen LogP contribution is 2.27. The van der Waals surface area contributed by atoms with E-state index in [1.54, 1.807) is 48.5 Å². The quantitative estimate of drug-likeness (QED) is 0.166. The fraction of sp³-hybridized carbons (Fsp3) is 0.133. The van der Waals surface area contributed by atoms with Crippen molar-refractivity contribution < 1.29 is 14.4 Å². The zero-order valence-electron chi connectivity index (χ0n) is 21.7. The molecule has 4 aromatic rings. The summed E-state index contributed by atoms with van der Waals surface area (Å²) in [6.07, 6.45) is 1.64. The molecular formula is C30H28N4O3S2. The zero-order chi connectivity index (χ0) is 27.8. The van der Waals surface area contributed by atoms with Crippen LogP contribution in [0, 0.1) is 13.8 Å². The first-order chi connectivity index (χ1) is 18.8. The number of carbonyl (C=O) groups excluding carboxylic acids is 3. The molecule has 0 saturated carbocycles. The molecule has 3 N–H and O–H groups in total. The minimum atomic E-state index is -0.466. The molecule has 7 nitrogen and oxygen atoms in total. The first-order valence-electron chi connectivity index (χ1n) is 12.2. The van der Waals surface area contributed by atoms with Crippen LogP contribution < -0.4 is 16.0 Å². The number of thioether (sulfide) groups is 1. The lowest BCUT2D eigenvalue weighted by Gasteiger charge is -2.13. The Morgan fingerprint density at radius 2 is 1.67 bits per heavy atom. The fourth-order valence-electron chi connectivity index (χ4n) is 3.49. The summed E-state index contributed by atoms with van der Waals surface area (Å²) >= 11 is 2.75. The van der Waals surface area contributed by atoms with Gasteiger partial charge in [-0.3, -0.25) is 14.4 Å². The number of hydrogen-bond donors (Lipinski definition) is 3. The van der Waals surface area contributed by atoms with Crippen LogP contribution in [-0.4, -0.2) is 28.0 Å². The number of aromatic nitrogens is 1. The second-order valence-electron chi connectivity index (χ2n) is 8.81. The van der Waals surface area contributed by atoms with E-state index in [1.807, 2.05) is 62.5 Å². The number of rotatable bonds is 9. The van der Waals surface area contributed by atoms with E-state index in [2.05, 4.69) is 20.9 Å². The third kappa shape index (κ3) is 8.13. The molecule has 9 heteroatoms. The summed E-state index contributed by atoms with van der Waals surface area (Å²) in [5, 5.41) is 10.5. The van der Waals surface area contributed by atoms with E-state index in [1.165, 1.54) is 23.1 Å². The topological polar surface area (TPSA) is 100 Å². The predicted molar refractivity (Wildman–Crippen MR) is 159 cm³/mol. The molecule has 3 aromatic carbocycles. The largest absolute Gasteiger partial charge is 0.321 e. The number of anilines is 2. The fourth-order valence-corrected chi connectivity index (χ4v) is 5.11. The summed E-state index contributed by atoms with van der Waals surface area (Å²) in [4.78, 5) is 43.9. The number of carbonyl (C=O) groups is 3. The smallest absolute Gasteiger partial charge is 0.272 e. The van der Waals surface area contributed by atoms with Crippen molar-refractivity contribution in [2.45, 2.75) is 30.9 Å². The van der Waals surface area contributed by atoms with Crippen LogP contribution in [0.2, 0.25) is 0 Å². The summed E-state index contributed by atoms with van der Waals surface area (Å²) < 4.78 is 0. The summed E-state index contributed by atoms with van der Waals surface area (Å²) in [7, 11) is 0. The van der Waals surface area contributed by atoms with Gasteiger partial charge in [-0.1, -0.05) is 54.1 Å². The van der Waals surface area contributed by atoms with E-state index in [4.69, 9.17) is 0 Å². The monoisotopic (exact) mass is 556 g/mol. The van der Waals surface area contributed by atoms with Crippen LogP contribution in [0.25, 0.3) is 6.08 Å². The van der Waals surface area contributed by atoms with Crippen molar-refractivity contribution in [3.63, 3.8) is 0 Å². The van der Waals surface area contributed by atoms with E-state index in [9.17, 15) is 14.4 Å². The third-order valence-corrected chi connectivity index (χ3v) is 7.51. The van der Waals surface area contributed by atoms with Crippen molar-refractivity contribution in [1.82, 2.24) is 10.3 Å². The molecule has 4 rings (SSSR count). The first kappa shape index (κ1) is 27.8. The Kier molecular flexibility index (Phi) is 9.30. The molecular weight excluding hydrogens is 528 g/mol. The van der Waals surface area contributed by atoms with Crippen LogP contribution in [0.15, 0.2) is 94.8 Å². The molecule has 0 aliphatic rings. The van der Waals surface area contributed by atoms with Gasteiger partial charge in [-0.05, 0) is 62.7 Å². The molecule has 39 heavy (non-hydrogen) atoms. The lowest BCUT2D eigenvalue weighted by atomic mass is 10.1. The number of aryl methyl sites for hydroxylation is 2. The third-order valence-electron chi connectivity index (χ3n) is 5.54. The number of thiazole rings is 1. The minimum Gasteiger partial charge on any atom is -0.321 e. The number of nitrogens with zero attached hydrogens (tertiary/aromatic N) is 1. The summed E-state index contributed by atoms with van der Waals surface area (Å²) in [6.45, 7) is 5.67. The van der Waals surface area contributed by atoms with Crippen LogP contribution in [0.5, 0.6) is 0 Å². The maximum Gasteiger partial charge on any atom is 0.272 e. The molecule has 0 saturated heterocycles. The number of nitrogens with one attached hydrogen (secondary N) is 3. The molecule has 1 heterocycles. The van der Waals surface area contributed by atoms with Crippen LogP contribution >= 0.6 is 23.1 Å². The normalized spacial score (nSPS) is 11.9. The first-order valence-corrected chi connectivity index (χ1v) is 14.0. The van der Waals surface area contributed by atoms with E-state index < -0.39 is 5.91 Å². The van der Waals surface area contributed by atoms with E-state index >= 15 is 0 Å². The van der Waals surface area contributed by atoms with Crippen molar-refractivity contribution in [3.8, 4) is 0 Å². The van der Waals surface area contributed by atoms with Gasteiger partial charge in [0.15, 0.2) is 5.13 Å². The van der Waals surface area contributed by atoms with E-state index in [0.29, 0.717) is 16.4 Å². The molecule has 0 aliphatic carbocycles. The second-order valence-corrected chi connectivity index (χ2v) is 11.1. The van der Waals surface area contributed by atoms with E-state index in [0.717, 1.165) is 21.7 Å². The lowest BCUT2D eigenvalue weighted by molar-refractivity contribution is -0.115. The maximum atomic E-state index is 13.3. The van der Waals surface area contributed by atoms with Crippen molar-refractivity contribution >= 4 is 57.7 Å². The van der Waals surface area contributed by atoms with Gasteiger partial charge in [0.1, 0.15) is 5.70 Å². The van der Waals surface area contributed by atoms with Gasteiger partial charge < -0.3 is 16.0 Å². The molecule has 1 atom stereocenters. The molecule has 0 fully saturated rings. The molecule has 0 radical (unpaired) electrons. The molecule has 198 valence electrons. The summed E-state index contributed by atoms with van der Waals surface area (Å²) in [5.41, 5.74) is 3.81. The zero-order valence-corrected chi connectivity index (χ0v) is 23.4. The van der Waals surface area contributed by atoms with Crippen LogP contribution in [-0.2, 0) is 9.59 Å². The Bertz CT molecular complexity index is 1500. The number of hydrogen-bond acceptors (Lipinski definition) is 6. The van der Waals surface area contributed by atoms with Crippen molar-refractivity contribution in [2.75, 3.05) is 10.6 Å². The highest BCUT2D eigenvalue weighted by atomic mass is 32.2. The number of amides is 3. The SMILES string of the molecule is Cc1ccc(/C=C(\NC(=O)c2ccccc2)C(=O)Nc2cccc(SC(C)C(=O)Nc3nc(C)cs3)c2)cc1. The molecule has 0 bridgehead atoms. The van der Waals surface area contributed by atoms with E-state index in [-0.39, 0.29) is 22.8 Å². The van der Waals surface area contributed by atoms with Gasteiger partial charge in [0.25, 0.3) is 11.8 Å². The lowest BCUT2D eigenvalue weighted by Crippen LogP contribution is -2.30. The Morgan fingerprint density at radius 3 is 2.36 bits per heavy atom. The molecule has 3 amide bonds. The van der Waals surface area contributed by atoms with Gasteiger partial charge in [0.05, 0.1) is 10.9 Å². The molecule has 1 unspecified atom stereocenters. The summed E-state index contributed by atoms with van der Waals surface area (Å²) in [5.74, 6) is -1.01. The van der Waals surface area contributed by atoms with Crippen molar-refractivity contribution in [3.05, 3.63) is 112 Å². The average molecular weight is 557 g/mol. The second kappa shape index (κ2) is 13.0. The molecule has 0 spiro atoms. The Labute approximate surface area is 235 Å². The average Bonchev–Trinajstić information content (AvgIpc) is 3.34. The Balaban J connectivity index is 1.48. The van der Waals surface area contributed by atoms with Crippen molar-refractivity contribution in [2.24, 2.45) is 0 Å². The van der Waals surface area contributed by atoms with Gasteiger partial charge in [0, 0.05) is 21.5 Å². The van der Waals surface area contributed by atoms with Crippen LogP contribution in [0.1, 0.15) is 34.1 Å². The summed E-state index contributed by atoms with van der Waals surface area (Å²) in [6, 6.07) is 23.6. The van der Waals surface area contributed by atoms with Gasteiger partial charge in [-0.25, -0.2) is 4.98 Å². The van der Waals surface area contributed by atoms with Gasteiger partial charge in [0.2, 0.25) is 5.91 Å². The highest BCUT2D eigenvalue weighted by Gasteiger charge is 2.18. The highest BCUT2D eigenvalue weighted by molar-refractivity contribution is 8.00. The minimum absolute atomic E-state index is 0.109. The molecule has 1 aromatic heterocycles. The Hall–Kier alpha value is -4.21. The standard InChI is InChI=1S/C30H28N4O3S2/c1-19-12-14-22(15-13-19)16-26(33-28(36)23-8-5-4-6-9-23)29(37)32-24-10-7-11-25(17-24)39-21(3)27(35)34-30-31-20(2)18-38-30/h4-18,21H,1-3H3,(H,32,37)(H,33,36)(H,31,34,35)/b26-16-.